The Kier molecular flexibility index (Phi) is 7.67. The van der Waals surface area contributed by atoms with E-state index in [2.05, 4.69) is 28.4 Å². The summed E-state index contributed by atoms with van der Waals surface area (Å²) in [6.45, 7) is 7.46. The maximum absolute atomic E-state index is 12.8. The molecule has 200 valence electrons. The maximum atomic E-state index is 12.8. The van der Waals surface area contributed by atoms with Gasteiger partial charge in [-0.05, 0) is 81.3 Å². The number of nitrogens with zero attached hydrogens (tertiary/aromatic N) is 2. The Morgan fingerprint density at radius 2 is 1.79 bits per heavy atom. The van der Waals surface area contributed by atoms with Crippen molar-refractivity contribution in [1.82, 2.24) is 5.16 Å². The van der Waals surface area contributed by atoms with Gasteiger partial charge in [0.15, 0.2) is 5.76 Å². The Bertz CT molecular complexity index is 1270. The molecule has 1 amide bonds. The van der Waals surface area contributed by atoms with E-state index in [0.717, 1.165) is 62.0 Å². The standard InChI is InChI=1S/C30H35N3O5/c1-4-21-7-5-6-8-26(21)20(3)36-30(35)31-27-19(2)32-38-28(27)22-15-17-33(18-16-22)24-11-13-25(14-12-24)37-29(34)23-9-10-23/h5-8,11-14,20,22-23H,4,9-10,15-18H2,1-3H3,(H,31,35)/t20-/m1/s1. The molecular formula is C30H35N3O5. The number of esters is 1. The van der Waals surface area contributed by atoms with Crippen molar-refractivity contribution in [1.29, 1.82) is 0 Å². The van der Waals surface area contributed by atoms with Crippen LogP contribution in [0.1, 0.15) is 74.1 Å². The van der Waals surface area contributed by atoms with Crippen LogP contribution in [0, 0.1) is 12.8 Å². The van der Waals surface area contributed by atoms with Crippen LogP contribution in [0.3, 0.4) is 0 Å². The lowest BCUT2D eigenvalue weighted by Gasteiger charge is -2.33. The summed E-state index contributed by atoms with van der Waals surface area (Å²) in [5, 5.41) is 7.04. The number of hydrogen-bond acceptors (Lipinski definition) is 7. The van der Waals surface area contributed by atoms with E-state index >= 15 is 0 Å². The number of aryl methyl sites for hydroxylation is 2. The number of ether oxygens (including phenoxy) is 2. The first-order chi connectivity index (χ1) is 18.4. The van der Waals surface area contributed by atoms with Crippen LogP contribution in [-0.4, -0.2) is 30.3 Å². The predicted molar refractivity (Wildman–Crippen MR) is 145 cm³/mol. The van der Waals surface area contributed by atoms with Crippen LogP contribution in [0.25, 0.3) is 0 Å². The average molecular weight is 518 g/mol. The van der Waals surface area contributed by atoms with Gasteiger partial charge in [-0.2, -0.15) is 0 Å². The quantitative estimate of drug-likeness (QED) is 0.267. The molecule has 1 saturated carbocycles. The number of carbonyl (C=O) groups excluding carboxylic acids is 2. The number of nitrogens with one attached hydrogen (secondary N) is 1. The number of hydrogen-bond donors (Lipinski definition) is 1. The highest BCUT2D eigenvalue weighted by Crippen LogP contribution is 2.37. The molecule has 38 heavy (non-hydrogen) atoms. The highest BCUT2D eigenvalue weighted by atomic mass is 16.6. The van der Waals surface area contributed by atoms with Gasteiger partial charge in [-0.25, -0.2) is 4.79 Å². The largest absolute Gasteiger partial charge is 0.441 e. The zero-order chi connectivity index (χ0) is 26.6. The molecule has 5 rings (SSSR count). The van der Waals surface area contributed by atoms with E-state index in [1.54, 1.807) is 0 Å². The Labute approximate surface area is 223 Å². The lowest BCUT2D eigenvalue weighted by atomic mass is 9.92. The van der Waals surface area contributed by atoms with Gasteiger partial charge >= 0.3 is 12.1 Å². The van der Waals surface area contributed by atoms with Crippen LogP contribution in [0.15, 0.2) is 53.1 Å². The van der Waals surface area contributed by atoms with Gasteiger partial charge < -0.3 is 18.9 Å². The summed E-state index contributed by atoms with van der Waals surface area (Å²) >= 11 is 0. The summed E-state index contributed by atoms with van der Waals surface area (Å²) < 4.78 is 16.8. The predicted octanol–water partition coefficient (Wildman–Crippen LogP) is 6.55. The third-order valence-electron chi connectivity index (χ3n) is 7.47. The molecule has 0 spiro atoms. The number of benzene rings is 2. The van der Waals surface area contributed by atoms with Crippen LogP contribution in [0.4, 0.5) is 16.2 Å². The molecule has 1 N–H and O–H groups in total. The van der Waals surface area contributed by atoms with E-state index in [1.807, 2.05) is 56.3 Å². The summed E-state index contributed by atoms with van der Waals surface area (Å²) in [4.78, 5) is 27.0. The van der Waals surface area contributed by atoms with Gasteiger partial charge in [-0.1, -0.05) is 36.3 Å². The molecule has 0 unspecified atom stereocenters. The van der Waals surface area contributed by atoms with Crippen LogP contribution in [-0.2, 0) is 16.0 Å². The fourth-order valence-corrected chi connectivity index (χ4v) is 5.07. The third kappa shape index (κ3) is 5.85. The highest BCUT2D eigenvalue weighted by Gasteiger charge is 2.32. The molecule has 2 heterocycles. The molecule has 1 aliphatic heterocycles. The van der Waals surface area contributed by atoms with Crippen molar-refractivity contribution in [3.05, 3.63) is 71.1 Å². The molecule has 2 fully saturated rings. The van der Waals surface area contributed by atoms with Crippen molar-refractivity contribution < 1.29 is 23.6 Å². The SMILES string of the molecule is CCc1ccccc1[C@@H](C)OC(=O)Nc1c(C)noc1C1CCN(c2ccc(OC(=O)C3CC3)cc2)CC1. The van der Waals surface area contributed by atoms with Gasteiger partial charge in [0, 0.05) is 24.7 Å². The summed E-state index contributed by atoms with van der Waals surface area (Å²) in [5.74, 6) is 1.38. The Balaban J connectivity index is 1.17. The monoisotopic (exact) mass is 517 g/mol. The second-order valence-electron chi connectivity index (χ2n) is 10.2. The van der Waals surface area contributed by atoms with Crippen LogP contribution in [0.2, 0.25) is 0 Å². The highest BCUT2D eigenvalue weighted by molar-refractivity contribution is 5.86. The number of carbonyl (C=O) groups is 2. The van der Waals surface area contributed by atoms with Gasteiger partial charge in [0.1, 0.15) is 23.2 Å². The minimum absolute atomic E-state index is 0.0795. The molecule has 3 aromatic rings. The molecule has 2 aromatic carbocycles. The third-order valence-corrected chi connectivity index (χ3v) is 7.47. The number of rotatable bonds is 8. The van der Waals surface area contributed by atoms with Crippen molar-refractivity contribution in [3.8, 4) is 5.75 Å². The van der Waals surface area contributed by atoms with E-state index < -0.39 is 6.09 Å². The van der Waals surface area contributed by atoms with Crippen LogP contribution >= 0.6 is 0 Å². The van der Waals surface area contributed by atoms with Crippen molar-refractivity contribution >= 4 is 23.4 Å². The minimum atomic E-state index is -0.518. The maximum Gasteiger partial charge on any atom is 0.412 e. The van der Waals surface area contributed by atoms with Gasteiger partial charge in [0.2, 0.25) is 0 Å². The second kappa shape index (κ2) is 11.3. The van der Waals surface area contributed by atoms with Crippen molar-refractivity contribution in [3.63, 3.8) is 0 Å². The number of piperidine rings is 1. The van der Waals surface area contributed by atoms with E-state index in [0.29, 0.717) is 22.9 Å². The molecular weight excluding hydrogens is 482 g/mol. The zero-order valence-electron chi connectivity index (χ0n) is 22.2. The molecule has 8 heteroatoms. The molecule has 1 aliphatic carbocycles. The van der Waals surface area contributed by atoms with Gasteiger partial charge in [0.25, 0.3) is 0 Å². The van der Waals surface area contributed by atoms with Gasteiger partial charge in [-0.3, -0.25) is 10.1 Å². The van der Waals surface area contributed by atoms with Gasteiger partial charge in [0.05, 0.1) is 5.92 Å². The van der Waals surface area contributed by atoms with Crippen molar-refractivity contribution in [2.45, 2.75) is 64.9 Å². The number of amides is 1. The van der Waals surface area contributed by atoms with E-state index in [4.69, 9.17) is 14.0 Å². The van der Waals surface area contributed by atoms with Crippen molar-refractivity contribution in [2.24, 2.45) is 5.92 Å². The second-order valence-corrected chi connectivity index (χ2v) is 10.2. The van der Waals surface area contributed by atoms with Crippen LogP contribution < -0.4 is 15.0 Å². The smallest absolute Gasteiger partial charge is 0.412 e. The van der Waals surface area contributed by atoms with E-state index in [1.165, 1.54) is 0 Å². The summed E-state index contributed by atoms with van der Waals surface area (Å²) in [6.07, 6.45) is 3.56. The van der Waals surface area contributed by atoms with E-state index in [-0.39, 0.29) is 23.9 Å². The van der Waals surface area contributed by atoms with Gasteiger partial charge in [-0.15, -0.1) is 0 Å². The zero-order valence-corrected chi connectivity index (χ0v) is 22.2. The van der Waals surface area contributed by atoms with Crippen LogP contribution in [0.5, 0.6) is 5.75 Å². The summed E-state index contributed by atoms with van der Waals surface area (Å²) in [5.41, 5.74) is 4.50. The fourth-order valence-electron chi connectivity index (χ4n) is 5.07. The first-order valence-electron chi connectivity index (χ1n) is 13.5. The molecule has 2 aliphatic rings. The molecule has 0 radical (unpaired) electrons. The topological polar surface area (TPSA) is 93.9 Å². The number of anilines is 2. The molecule has 1 atom stereocenters. The molecule has 0 bridgehead atoms. The average Bonchev–Trinajstić information content (AvgIpc) is 3.73. The van der Waals surface area contributed by atoms with Crippen molar-refractivity contribution in [2.75, 3.05) is 23.3 Å². The Morgan fingerprint density at radius 3 is 2.47 bits per heavy atom. The van der Waals surface area contributed by atoms with E-state index in [9.17, 15) is 9.59 Å². The number of aromatic nitrogens is 1. The Morgan fingerprint density at radius 1 is 1.08 bits per heavy atom. The fraction of sp³-hybridized carbons (Fsp3) is 0.433. The summed E-state index contributed by atoms with van der Waals surface area (Å²) in [7, 11) is 0. The summed E-state index contributed by atoms with van der Waals surface area (Å²) in [6, 6.07) is 15.7. The first kappa shape index (κ1) is 25.8. The molecule has 1 saturated heterocycles. The molecule has 1 aromatic heterocycles. The first-order valence-corrected chi connectivity index (χ1v) is 13.5. The molecule has 8 nitrogen and oxygen atoms in total. The Hall–Kier alpha value is -3.81. The normalized spacial score (nSPS) is 16.7. The lowest BCUT2D eigenvalue weighted by Crippen LogP contribution is -2.33. The minimum Gasteiger partial charge on any atom is -0.441 e. The lowest BCUT2D eigenvalue weighted by molar-refractivity contribution is -0.135.